The maximum Gasteiger partial charge on any atom is 0.335 e. The van der Waals surface area contributed by atoms with Gasteiger partial charge < -0.3 is 15.2 Å². The lowest BCUT2D eigenvalue weighted by atomic mass is 10.2. The minimum Gasteiger partial charge on any atom is -0.495 e. The summed E-state index contributed by atoms with van der Waals surface area (Å²) in [5.41, 5.74) is 0.572. The third-order valence-corrected chi connectivity index (χ3v) is 3.93. The monoisotopic (exact) mass is 398 g/mol. The van der Waals surface area contributed by atoms with Crippen molar-refractivity contribution in [1.29, 1.82) is 0 Å². The fourth-order valence-electron chi connectivity index (χ4n) is 1.89. The molecule has 0 aliphatic heterocycles. The van der Waals surface area contributed by atoms with Gasteiger partial charge in [0, 0.05) is 5.56 Å². The lowest BCUT2D eigenvalue weighted by molar-refractivity contribution is 0.0696. The molecule has 6 nitrogen and oxygen atoms in total. The molecule has 2 aromatic rings. The SMILES string of the molecule is COc1ccc(C(=O)NC(=S)Nc2cc(C(=O)O)ccc2Cl)cc1Cl. The van der Waals surface area contributed by atoms with Crippen LogP contribution in [-0.4, -0.2) is 29.2 Å². The number of carboxylic acids is 1. The minimum absolute atomic E-state index is 0.0305. The first kappa shape index (κ1) is 19.0. The van der Waals surface area contributed by atoms with Crippen LogP contribution in [-0.2, 0) is 0 Å². The van der Waals surface area contributed by atoms with E-state index in [2.05, 4.69) is 10.6 Å². The van der Waals surface area contributed by atoms with E-state index in [1.165, 1.54) is 37.4 Å². The van der Waals surface area contributed by atoms with E-state index in [0.29, 0.717) is 5.75 Å². The van der Waals surface area contributed by atoms with Crippen molar-refractivity contribution in [2.75, 3.05) is 12.4 Å². The molecule has 0 saturated heterocycles. The molecule has 2 rings (SSSR count). The number of hydrogen-bond donors (Lipinski definition) is 3. The van der Waals surface area contributed by atoms with Gasteiger partial charge in [-0.05, 0) is 48.6 Å². The number of aromatic carboxylic acids is 1. The molecule has 2 aromatic carbocycles. The summed E-state index contributed by atoms with van der Waals surface area (Å²) in [5.74, 6) is -1.16. The number of thiocarbonyl (C=S) groups is 1. The van der Waals surface area contributed by atoms with E-state index in [-0.39, 0.29) is 32.0 Å². The van der Waals surface area contributed by atoms with Crippen LogP contribution >= 0.6 is 35.4 Å². The van der Waals surface area contributed by atoms with Gasteiger partial charge in [-0.1, -0.05) is 23.2 Å². The van der Waals surface area contributed by atoms with Crippen LogP contribution in [0.1, 0.15) is 20.7 Å². The van der Waals surface area contributed by atoms with Gasteiger partial charge in [0.25, 0.3) is 5.91 Å². The lowest BCUT2D eigenvalue weighted by Crippen LogP contribution is -2.34. The molecule has 0 aromatic heterocycles. The smallest absolute Gasteiger partial charge is 0.335 e. The Morgan fingerprint density at radius 1 is 1.08 bits per heavy atom. The Kier molecular flexibility index (Phi) is 6.19. The van der Waals surface area contributed by atoms with Crippen LogP contribution in [0.15, 0.2) is 36.4 Å². The molecule has 9 heteroatoms. The molecule has 0 bridgehead atoms. The van der Waals surface area contributed by atoms with Crippen molar-refractivity contribution in [3.05, 3.63) is 57.6 Å². The quantitative estimate of drug-likeness (QED) is 0.678. The molecule has 0 saturated carbocycles. The maximum atomic E-state index is 12.2. The summed E-state index contributed by atoms with van der Waals surface area (Å²) in [5, 5.41) is 14.7. The Morgan fingerprint density at radius 3 is 2.36 bits per heavy atom. The number of rotatable bonds is 4. The number of benzene rings is 2. The van der Waals surface area contributed by atoms with Gasteiger partial charge in [-0.2, -0.15) is 0 Å². The molecule has 0 atom stereocenters. The third kappa shape index (κ3) is 4.82. The van der Waals surface area contributed by atoms with Gasteiger partial charge in [-0.25, -0.2) is 4.79 Å². The van der Waals surface area contributed by atoms with Crippen LogP contribution in [0, 0.1) is 0 Å². The Labute approximate surface area is 158 Å². The summed E-state index contributed by atoms with van der Waals surface area (Å²) >= 11 is 17.0. The van der Waals surface area contributed by atoms with Gasteiger partial charge >= 0.3 is 5.97 Å². The summed E-state index contributed by atoms with van der Waals surface area (Å²) in [7, 11) is 1.47. The second kappa shape index (κ2) is 8.15. The molecular weight excluding hydrogens is 387 g/mol. The average Bonchev–Trinajstić information content (AvgIpc) is 2.56. The van der Waals surface area contributed by atoms with E-state index in [9.17, 15) is 9.59 Å². The number of carbonyl (C=O) groups excluding carboxylic acids is 1. The van der Waals surface area contributed by atoms with Gasteiger partial charge in [-0.15, -0.1) is 0 Å². The summed E-state index contributed by atoms with van der Waals surface area (Å²) in [6.45, 7) is 0. The topological polar surface area (TPSA) is 87.7 Å². The van der Waals surface area contributed by atoms with Gasteiger partial charge in [0.15, 0.2) is 5.11 Å². The lowest BCUT2D eigenvalue weighted by Gasteiger charge is -2.12. The zero-order valence-corrected chi connectivity index (χ0v) is 15.1. The highest BCUT2D eigenvalue weighted by atomic mass is 35.5. The fraction of sp³-hybridized carbons (Fsp3) is 0.0625. The Bertz CT molecular complexity index is 858. The number of carboxylic acid groups (broad SMARTS) is 1. The van der Waals surface area contributed by atoms with Crippen molar-refractivity contribution in [1.82, 2.24) is 5.32 Å². The van der Waals surface area contributed by atoms with Crippen LogP contribution in [0.5, 0.6) is 5.75 Å². The van der Waals surface area contributed by atoms with Gasteiger partial charge in [-0.3, -0.25) is 10.1 Å². The molecule has 1 amide bonds. The molecule has 25 heavy (non-hydrogen) atoms. The second-order valence-electron chi connectivity index (χ2n) is 4.76. The third-order valence-electron chi connectivity index (χ3n) is 3.10. The summed E-state index contributed by atoms with van der Waals surface area (Å²) in [6.07, 6.45) is 0. The zero-order chi connectivity index (χ0) is 18.6. The first-order valence-corrected chi connectivity index (χ1v) is 7.97. The highest BCUT2D eigenvalue weighted by Crippen LogP contribution is 2.25. The standard InChI is InChI=1S/C16H12Cl2N2O4S/c1-24-13-5-3-8(6-11(13)18)14(21)20-16(25)19-12-7-9(15(22)23)2-4-10(12)17/h2-7H,1H3,(H,22,23)(H2,19,20,21,25). The van der Waals surface area contributed by atoms with E-state index in [1.54, 1.807) is 6.07 Å². The van der Waals surface area contributed by atoms with E-state index in [1.807, 2.05) is 0 Å². The van der Waals surface area contributed by atoms with E-state index < -0.39 is 11.9 Å². The first-order valence-electron chi connectivity index (χ1n) is 6.80. The Morgan fingerprint density at radius 2 is 1.76 bits per heavy atom. The normalized spacial score (nSPS) is 10.0. The number of ether oxygens (including phenoxy) is 1. The van der Waals surface area contributed by atoms with Crippen LogP contribution < -0.4 is 15.4 Å². The van der Waals surface area contributed by atoms with Crippen molar-refractivity contribution in [3.63, 3.8) is 0 Å². The predicted molar refractivity (Wildman–Crippen MR) is 100 cm³/mol. The number of nitrogens with one attached hydrogen (secondary N) is 2. The Balaban J connectivity index is 2.10. The van der Waals surface area contributed by atoms with Crippen LogP contribution in [0.25, 0.3) is 0 Å². The molecule has 0 radical (unpaired) electrons. The highest BCUT2D eigenvalue weighted by Gasteiger charge is 2.13. The van der Waals surface area contributed by atoms with E-state index in [0.717, 1.165) is 0 Å². The second-order valence-corrected chi connectivity index (χ2v) is 5.98. The minimum atomic E-state index is -1.11. The van der Waals surface area contributed by atoms with Crippen LogP contribution in [0.2, 0.25) is 10.0 Å². The highest BCUT2D eigenvalue weighted by molar-refractivity contribution is 7.80. The number of amides is 1. The number of methoxy groups -OCH3 is 1. The van der Waals surface area contributed by atoms with Crippen molar-refractivity contribution in [2.24, 2.45) is 0 Å². The largest absolute Gasteiger partial charge is 0.495 e. The summed E-state index contributed by atoms with van der Waals surface area (Å²) in [4.78, 5) is 23.2. The van der Waals surface area contributed by atoms with Crippen molar-refractivity contribution in [2.45, 2.75) is 0 Å². The molecule has 0 aliphatic rings. The molecule has 3 N–H and O–H groups in total. The molecule has 0 aliphatic carbocycles. The van der Waals surface area contributed by atoms with Crippen molar-refractivity contribution >= 4 is 58.1 Å². The molecular formula is C16H12Cl2N2O4S. The Hall–Kier alpha value is -2.35. The van der Waals surface area contributed by atoms with Crippen molar-refractivity contribution in [3.8, 4) is 5.75 Å². The molecule has 0 unspecified atom stereocenters. The molecule has 0 fully saturated rings. The number of carbonyl (C=O) groups is 2. The van der Waals surface area contributed by atoms with Crippen LogP contribution in [0.3, 0.4) is 0 Å². The average molecular weight is 399 g/mol. The fourth-order valence-corrected chi connectivity index (χ4v) is 2.52. The summed E-state index contributed by atoms with van der Waals surface area (Å²) in [6, 6.07) is 8.61. The van der Waals surface area contributed by atoms with Gasteiger partial charge in [0.2, 0.25) is 0 Å². The maximum absolute atomic E-state index is 12.2. The zero-order valence-electron chi connectivity index (χ0n) is 12.8. The van der Waals surface area contributed by atoms with E-state index in [4.69, 9.17) is 45.3 Å². The molecule has 0 spiro atoms. The predicted octanol–water partition coefficient (Wildman–Crippen LogP) is 3.83. The van der Waals surface area contributed by atoms with Crippen molar-refractivity contribution < 1.29 is 19.4 Å². The summed E-state index contributed by atoms with van der Waals surface area (Å²) < 4.78 is 5.02. The number of hydrogen-bond acceptors (Lipinski definition) is 4. The van der Waals surface area contributed by atoms with Gasteiger partial charge in [0.1, 0.15) is 5.75 Å². The van der Waals surface area contributed by atoms with Crippen LogP contribution in [0.4, 0.5) is 5.69 Å². The molecule has 130 valence electrons. The molecule has 0 heterocycles. The first-order chi connectivity index (χ1) is 11.8. The number of anilines is 1. The van der Waals surface area contributed by atoms with E-state index >= 15 is 0 Å². The number of halogens is 2. The van der Waals surface area contributed by atoms with Gasteiger partial charge in [0.05, 0.1) is 28.4 Å².